The van der Waals surface area contributed by atoms with Gasteiger partial charge < -0.3 is 10.6 Å². The number of hydrogen-bond acceptors (Lipinski definition) is 3. The SMILES string of the molecule is CN(C)S(=O)(=O)c1ccccc1NC(=N)Nc1ccccc1C(F)(F)F. The molecule has 0 fully saturated rings. The van der Waals surface area contributed by atoms with Crippen molar-refractivity contribution in [2.24, 2.45) is 0 Å². The largest absolute Gasteiger partial charge is 0.418 e. The molecular formula is C16H17F3N4O2S. The Morgan fingerprint density at radius 2 is 1.46 bits per heavy atom. The van der Waals surface area contributed by atoms with Crippen LogP contribution < -0.4 is 10.6 Å². The maximum Gasteiger partial charge on any atom is 0.418 e. The van der Waals surface area contributed by atoms with Crippen molar-refractivity contribution in [3.8, 4) is 0 Å². The zero-order valence-electron chi connectivity index (χ0n) is 13.9. The average Bonchev–Trinajstić information content (AvgIpc) is 2.54. The Bertz CT molecular complexity index is 912. The second-order valence-electron chi connectivity index (χ2n) is 5.45. The number of nitrogens with one attached hydrogen (secondary N) is 3. The first-order valence-corrected chi connectivity index (χ1v) is 8.78. The molecule has 0 aliphatic heterocycles. The molecule has 0 spiro atoms. The minimum atomic E-state index is -4.59. The summed E-state index contributed by atoms with van der Waals surface area (Å²) in [7, 11) is -1.08. The third kappa shape index (κ3) is 4.33. The number of guanidine groups is 1. The molecule has 0 aliphatic rings. The van der Waals surface area contributed by atoms with Crippen molar-refractivity contribution in [2.45, 2.75) is 11.1 Å². The van der Waals surface area contributed by atoms with Crippen molar-refractivity contribution in [3.05, 3.63) is 54.1 Å². The Morgan fingerprint density at radius 1 is 0.962 bits per heavy atom. The Labute approximate surface area is 149 Å². The van der Waals surface area contributed by atoms with E-state index in [2.05, 4.69) is 10.6 Å². The first kappa shape index (κ1) is 19.7. The normalized spacial score (nSPS) is 12.1. The fourth-order valence-electron chi connectivity index (χ4n) is 2.13. The first-order valence-electron chi connectivity index (χ1n) is 7.34. The van der Waals surface area contributed by atoms with E-state index in [9.17, 15) is 21.6 Å². The van der Waals surface area contributed by atoms with Crippen LogP contribution in [0.3, 0.4) is 0 Å². The summed E-state index contributed by atoms with van der Waals surface area (Å²) in [6, 6.07) is 10.5. The van der Waals surface area contributed by atoms with E-state index in [1.165, 1.54) is 50.5 Å². The highest BCUT2D eigenvalue weighted by molar-refractivity contribution is 7.89. The molecule has 0 bridgehead atoms. The van der Waals surface area contributed by atoms with E-state index in [-0.39, 0.29) is 16.3 Å². The predicted octanol–water partition coefficient (Wildman–Crippen LogP) is 3.41. The van der Waals surface area contributed by atoms with Crippen molar-refractivity contribution in [1.82, 2.24) is 4.31 Å². The molecule has 0 aromatic heterocycles. The summed E-state index contributed by atoms with van der Waals surface area (Å²) in [6.45, 7) is 0. The van der Waals surface area contributed by atoms with Gasteiger partial charge in [-0.3, -0.25) is 5.41 Å². The third-order valence-corrected chi connectivity index (χ3v) is 5.27. The number of hydrogen-bond donors (Lipinski definition) is 3. The number of anilines is 2. The number of benzene rings is 2. The van der Waals surface area contributed by atoms with Gasteiger partial charge in [-0.15, -0.1) is 0 Å². The van der Waals surface area contributed by atoms with Crippen molar-refractivity contribution in [3.63, 3.8) is 0 Å². The van der Waals surface area contributed by atoms with Crippen LogP contribution >= 0.6 is 0 Å². The Balaban J connectivity index is 2.29. The minimum Gasteiger partial charge on any atom is -0.326 e. The Kier molecular flexibility index (Phi) is 5.57. The summed E-state index contributed by atoms with van der Waals surface area (Å²) in [6.07, 6.45) is -4.59. The standard InChI is InChI=1S/C16H17F3N4O2S/c1-23(2)26(24,25)14-10-6-5-9-13(14)22-15(20)21-12-8-4-3-7-11(12)16(17,18)19/h3-10H,1-2H3,(H3,20,21,22). The summed E-state index contributed by atoms with van der Waals surface area (Å²) in [5.74, 6) is -0.497. The minimum absolute atomic E-state index is 0.0724. The zero-order chi connectivity index (χ0) is 19.5. The van der Waals surface area contributed by atoms with E-state index < -0.39 is 27.7 Å². The van der Waals surface area contributed by atoms with Gasteiger partial charge in [-0.05, 0) is 24.3 Å². The average molecular weight is 386 g/mol. The maximum absolute atomic E-state index is 13.0. The second-order valence-corrected chi connectivity index (χ2v) is 7.57. The van der Waals surface area contributed by atoms with Crippen molar-refractivity contribution in [2.75, 3.05) is 24.7 Å². The van der Waals surface area contributed by atoms with Gasteiger partial charge in [0.1, 0.15) is 4.90 Å². The quantitative estimate of drug-likeness (QED) is 0.555. The van der Waals surface area contributed by atoms with Crippen LogP contribution in [-0.2, 0) is 16.2 Å². The van der Waals surface area contributed by atoms with Crippen LogP contribution in [0, 0.1) is 5.41 Å². The molecule has 2 aromatic rings. The molecular weight excluding hydrogens is 369 g/mol. The lowest BCUT2D eigenvalue weighted by Crippen LogP contribution is -2.26. The van der Waals surface area contributed by atoms with Crippen LogP contribution in [0.2, 0.25) is 0 Å². The van der Waals surface area contributed by atoms with Crippen LogP contribution in [0.5, 0.6) is 0 Å². The number of halogens is 3. The number of sulfonamides is 1. The molecule has 0 aliphatic carbocycles. The highest BCUT2D eigenvalue weighted by Crippen LogP contribution is 2.34. The molecule has 10 heteroatoms. The Morgan fingerprint density at radius 3 is 2.04 bits per heavy atom. The summed E-state index contributed by atoms with van der Waals surface area (Å²) < 4.78 is 64.7. The molecule has 0 atom stereocenters. The van der Waals surface area contributed by atoms with Crippen LogP contribution in [0.1, 0.15) is 5.56 Å². The van der Waals surface area contributed by atoms with E-state index in [1.54, 1.807) is 6.07 Å². The van der Waals surface area contributed by atoms with Crippen LogP contribution in [0.4, 0.5) is 24.5 Å². The fourth-order valence-corrected chi connectivity index (χ4v) is 3.17. The first-order chi connectivity index (χ1) is 12.0. The number of nitrogens with zero attached hydrogens (tertiary/aromatic N) is 1. The summed E-state index contributed by atoms with van der Waals surface area (Å²) in [5.41, 5.74) is -1.17. The highest BCUT2D eigenvalue weighted by atomic mass is 32.2. The fraction of sp³-hybridized carbons (Fsp3) is 0.188. The molecule has 0 heterocycles. The predicted molar refractivity (Wildman–Crippen MR) is 93.7 cm³/mol. The van der Waals surface area contributed by atoms with E-state index >= 15 is 0 Å². The van der Waals surface area contributed by atoms with E-state index in [1.807, 2.05) is 0 Å². The summed E-state index contributed by atoms with van der Waals surface area (Å²) in [5, 5.41) is 12.7. The molecule has 0 unspecified atom stereocenters. The lowest BCUT2D eigenvalue weighted by Gasteiger charge is -2.18. The molecule has 2 rings (SSSR count). The number of para-hydroxylation sites is 2. The molecule has 140 valence electrons. The van der Waals surface area contributed by atoms with Crippen molar-refractivity contribution < 1.29 is 21.6 Å². The molecule has 6 nitrogen and oxygen atoms in total. The van der Waals surface area contributed by atoms with Gasteiger partial charge in [0.05, 0.1) is 16.9 Å². The smallest absolute Gasteiger partial charge is 0.326 e. The van der Waals surface area contributed by atoms with Crippen LogP contribution in [0.15, 0.2) is 53.4 Å². The number of alkyl halides is 3. The monoisotopic (exact) mass is 386 g/mol. The van der Waals surface area contributed by atoms with Crippen molar-refractivity contribution >= 4 is 27.4 Å². The molecule has 0 amide bonds. The van der Waals surface area contributed by atoms with Crippen LogP contribution in [0.25, 0.3) is 0 Å². The van der Waals surface area contributed by atoms with Gasteiger partial charge >= 0.3 is 6.18 Å². The molecule has 0 saturated heterocycles. The van der Waals surface area contributed by atoms with Gasteiger partial charge in [-0.1, -0.05) is 24.3 Å². The van der Waals surface area contributed by atoms with Gasteiger partial charge in [-0.2, -0.15) is 13.2 Å². The summed E-state index contributed by atoms with van der Waals surface area (Å²) >= 11 is 0. The van der Waals surface area contributed by atoms with Gasteiger partial charge in [0.15, 0.2) is 5.96 Å². The molecule has 3 N–H and O–H groups in total. The van der Waals surface area contributed by atoms with Crippen LogP contribution in [-0.4, -0.2) is 32.8 Å². The lowest BCUT2D eigenvalue weighted by atomic mass is 10.1. The van der Waals surface area contributed by atoms with Gasteiger partial charge in [0, 0.05) is 14.1 Å². The van der Waals surface area contributed by atoms with Gasteiger partial charge in [-0.25, -0.2) is 12.7 Å². The maximum atomic E-state index is 13.0. The molecule has 2 aromatic carbocycles. The van der Waals surface area contributed by atoms with Crippen molar-refractivity contribution in [1.29, 1.82) is 5.41 Å². The number of rotatable bonds is 4. The second kappa shape index (κ2) is 7.34. The zero-order valence-corrected chi connectivity index (χ0v) is 14.7. The lowest BCUT2D eigenvalue weighted by molar-refractivity contribution is -0.136. The topological polar surface area (TPSA) is 85.3 Å². The highest BCUT2D eigenvalue weighted by Gasteiger charge is 2.33. The van der Waals surface area contributed by atoms with Gasteiger partial charge in [0.2, 0.25) is 10.0 Å². The molecule has 0 radical (unpaired) electrons. The van der Waals surface area contributed by atoms with E-state index in [0.717, 1.165) is 10.4 Å². The van der Waals surface area contributed by atoms with Gasteiger partial charge in [0.25, 0.3) is 0 Å². The van der Waals surface area contributed by atoms with E-state index in [0.29, 0.717) is 0 Å². The third-order valence-electron chi connectivity index (χ3n) is 3.40. The molecule has 26 heavy (non-hydrogen) atoms. The molecule has 0 saturated carbocycles. The summed E-state index contributed by atoms with van der Waals surface area (Å²) in [4.78, 5) is -0.0966. The van der Waals surface area contributed by atoms with E-state index in [4.69, 9.17) is 5.41 Å². The Hall–Kier alpha value is -2.59.